The van der Waals surface area contributed by atoms with Crippen molar-refractivity contribution in [3.63, 3.8) is 0 Å². The number of benzene rings is 1. The predicted molar refractivity (Wildman–Crippen MR) is 63.6 cm³/mol. The Bertz CT molecular complexity index is 554. The van der Waals surface area contributed by atoms with Crippen LogP contribution < -0.4 is 10.5 Å². The van der Waals surface area contributed by atoms with E-state index in [2.05, 4.69) is 5.16 Å². The number of nitrogens with zero attached hydrogens (tertiary/aromatic N) is 1. The van der Waals surface area contributed by atoms with Gasteiger partial charge in [0.25, 0.3) is 0 Å². The minimum atomic E-state index is -0.457. The highest BCUT2D eigenvalue weighted by atomic mass is 19.1. The predicted octanol–water partition coefficient (Wildman–Crippen LogP) is 2.22. The topological polar surface area (TPSA) is 70.5 Å². The first-order valence-electron chi connectivity index (χ1n) is 5.23. The largest absolute Gasteiger partial charge is 0.496 e. The van der Waals surface area contributed by atoms with Crippen LogP contribution in [0.1, 0.15) is 5.56 Å². The summed E-state index contributed by atoms with van der Waals surface area (Å²) in [5.41, 5.74) is 7.01. The number of ether oxygens (including phenoxy) is 2. The fourth-order valence-electron chi connectivity index (χ4n) is 1.72. The van der Waals surface area contributed by atoms with Crippen molar-refractivity contribution in [2.24, 2.45) is 0 Å². The van der Waals surface area contributed by atoms with E-state index >= 15 is 0 Å². The summed E-state index contributed by atoms with van der Waals surface area (Å²) in [4.78, 5) is 0. The SMILES string of the molecule is COCc1cc(-c2cnoc2N)c(F)cc1OC. The summed E-state index contributed by atoms with van der Waals surface area (Å²) in [6.07, 6.45) is 1.37. The fraction of sp³-hybridized carbons (Fsp3) is 0.250. The number of hydrogen-bond donors (Lipinski definition) is 1. The number of nitrogen functional groups attached to an aromatic ring is 1. The van der Waals surface area contributed by atoms with Crippen molar-refractivity contribution in [3.05, 3.63) is 29.7 Å². The first kappa shape index (κ1) is 12.4. The molecule has 1 heterocycles. The van der Waals surface area contributed by atoms with Crippen molar-refractivity contribution in [3.8, 4) is 16.9 Å². The minimum absolute atomic E-state index is 0.0717. The molecule has 2 N–H and O–H groups in total. The van der Waals surface area contributed by atoms with Crippen LogP contribution in [0.3, 0.4) is 0 Å². The number of hydrogen-bond acceptors (Lipinski definition) is 5. The second-order valence-corrected chi connectivity index (χ2v) is 3.68. The zero-order chi connectivity index (χ0) is 13.1. The van der Waals surface area contributed by atoms with Gasteiger partial charge in [-0.05, 0) is 6.07 Å². The molecule has 0 saturated heterocycles. The van der Waals surface area contributed by atoms with Gasteiger partial charge in [-0.3, -0.25) is 0 Å². The second-order valence-electron chi connectivity index (χ2n) is 3.68. The molecule has 0 aliphatic carbocycles. The molecule has 0 fully saturated rings. The fourth-order valence-corrected chi connectivity index (χ4v) is 1.72. The Balaban J connectivity index is 2.55. The van der Waals surface area contributed by atoms with Gasteiger partial charge in [0.05, 0.1) is 25.5 Å². The first-order chi connectivity index (χ1) is 8.67. The van der Waals surface area contributed by atoms with Gasteiger partial charge >= 0.3 is 0 Å². The summed E-state index contributed by atoms with van der Waals surface area (Å²) in [5.74, 6) is 0.0390. The summed E-state index contributed by atoms with van der Waals surface area (Å²) in [5, 5.41) is 3.53. The third-order valence-corrected chi connectivity index (χ3v) is 2.56. The maximum absolute atomic E-state index is 14.0. The van der Waals surface area contributed by atoms with Crippen molar-refractivity contribution >= 4 is 5.88 Å². The van der Waals surface area contributed by atoms with Gasteiger partial charge in [0.15, 0.2) is 0 Å². The smallest absolute Gasteiger partial charge is 0.230 e. The van der Waals surface area contributed by atoms with Gasteiger partial charge in [0, 0.05) is 24.3 Å². The lowest BCUT2D eigenvalue weighted by atomic mass is 10.0. The summed E-state index contributed by atoms with van der Waals surface area (Å²) in [7, 11) is 3.03. The van der Waals surface area contributed by atoms with Crippen LogP contribution in [0.2, 0.25) is 0 Å². The molecule has 18 heavy (non-hydrogen) atoms. The van der Waals surface area contributed by atoms with Gasteiger partial charge in [-0.1, -0.05) is 5.16 Å². The lowest BCUT2D eigenvalue weighted by Crippen LogP contribution is -1.97. The van der Waals surface area contributed by atoms with E-state index in [1.165, 1.54) is 19.4 Å². The molecule has 0 unspecified atom stereocenters. The van der Waals surface area contributed by atoms with Gasteiger partial charge in [0.2, 0.25) is 5.88 Å². The Kier molecular flexibility index (Phi) is 3.47. The number of anilines is 1. The molecule has 2 aromatic rings. The zero-order valence-electron chi connectivity index (χ0n) is 10.1. The van der Waals surface area contributed by atoms with E-state index in [4.69, 9.17) is 19.7 Å². The van der Waals surface area contributed by atoms with E-state index in [0.717, 1.165) is 5.56 Å². The summed E-state index contributed by atoms with van der Waals surface area (Å²) >= 11 is 0. The maximum Gasteiger partial charge on any atom is 0.230 e. The third kappa shape index (κ3) is 2.14. The van der Waals surface area contributed by atoms with E-state index < -0.39 is 5.82 Å². The van der Waals surface area contributed by atoms with Crippen LogP contribution in [0.5, 0.6) is 5.75 Å². The molecule has 0 atom stereocenters. The quantitative estimate of drug-likeness (QED) is 0.903. The molecule has 0 aliphatic rings. The van der Waals surface area contributed by atoms with Crippen LogP contribution in [-0.4, -0.2) is 19.4 Å². The number of methoxy groups -OCH3 is 2. The van der Waals surface area contributed by atoms with Crippen LogP contribution >= 0.6 is 0 Å². The number of nitrogens with two attached hydrogens (primary N) is 1. The van der Waals surface area contributed by atoms with Crippen LogP contribution in [0, 0.1) is 5.82 Å². The zero-order valence-corrected chi connectivity index (χ0v) is 10.1. The first-order valence-corrected chi connectivity index (χ1v) is 5.23. The average Bonchev–Trinajstić information content (AvgIpc) is 2.77. The molecule has 1 aromatic heterocycles. The Morgan fingerprint density at radius 1 is 1.33 bits per heavy atom. The Labute approximate surface area is 103 Å². The molecule has 0 amide bonds. The number of aromatic nitrogens is 1. The average molecular weight is 252 g/mol. The van der Waals surface area contributed by atoms with Crippen molar-refractivity contribution in [2.75, 3.05) is 20.0 Å². The van der Waals surface area contributed by atoms with Gasteiger partial charge < -0.3 is 19.7 Å². The Hall–Kier alpha value is -2.08. The van der Waals surface area contributed by atoms with Crippen molar-refractivity contribution in [1.82, 2.24) is 5.16 Å². The van der Waals surface area contributed by atoms with Gasteiger partial charge in [-0.25, -0.2) is 4.39 Å². The molecule has 5 nitrogen and oxygen atoms in total. The Morgan fingerprint density at radius 2 is 2.11 bits per heavy atom. The highest BCUT2D eigenvalue weighted by molar-refractivity contribution is 5.73. The van der Waals surface area contributed by atoms with Gasteiger partial charge in [-0.2, -0.15) is 0 Å². The van der Waals surface area contributed by atoms with Gasteiger partial charge in [-0.15, -0.1) is 0 Å². The highest BCUT2D eigenvalue weighted by Crippen LogP contribution is 2.33. The molecule has 2 rings (SSSR count). The van der Waals surface area contributed by atoms with Crippen molar-refractivity contribution in [1.29, 1.82) is 0 Å². The molecule has 96 valence electrons. The van der Waals surface area contributed by atoms with Gasteiger partial charge in [0.1, 0.15) is 11.6 Å². The van der Waals surface area contributed by atoms with Crippen LogP contribution in [0.15, 0.2) is 22.9 Å². The molecule has 6 heteroatoms. The van der Waals surface area contributed by atoms with E-state index in [0.29, 0.717) is 23.5 Å². The summed E-state index contributed by atoms with van der Waals surface area (Å²) < 4.78 is 28.8. The van der Waals surface area contributed by atoms with Crippen molar-refractivity contribution < 1.29 is 18.4 Å². The van der Waals surface area contributed by atoms with E-state index in [1.54, 1.807) is 13.2 Å². The maximum atomic E-state index is 14.0. The molecule has 0 spiro atoms. The lowest BCUT2D eigenvalue weighted by molar-refractivity contribution is 0.181. The van der Waals surface area contributed by atoms with Crippen molar-refractivity contribution in [2.45, 2.75) is 6.61 Å². The van der Waals surface area contributed by atoms with Crippen LogP contribution in [0.4, 0.5) is 10.3 Å². The minimum Gasteiger partial charge on any atom is -0.496 e. The molecule has 0 aliphatic heterocycles. The lowest BCUT2D eigenvalue weighted by Gasteiger charge is -2.10. The highest BCUT2D eigenvalue weighted by Gasteiger charge is 2.16. The van der Waals surface area contributed by atoms with Crippen LogP contribution in [0.25, 0.3) is 11.1 Å². The van der Waals surface area contributed by atoms with E-state index in [9.17, 15) is 4.39 Å². The third-order valence-electron chi connectivity index (χ3n) is 2.56. The summed E-state index contributed by atoms with van der Waals surface area (Å²) in [6.45, 7) is 0.307. The van der Waals surface area contributed by atoms with E-state index in [1.807, 2.05) is 0 Å². The molecule has 0 radical (unpaired) electrons. The normalized spacial score (nSPS) is 10.6. The molecule has 0 bridgehead atoms. The number of halogens is 1. The second kappa shape index (κ2) is 5.05. The number of rotatable bonds is 4. The Morgan fingerprint density at radius 3 is 2.67 bits per heavy atom. The molecule has 1 aromatic carbocycles. The molecule has 0 saturated carbocycles. The molecular formula is C12H13FN2O3. The molecular weight excluding hydrogens is 239 g/mol. The monoisotopic (exact) mass is 252 g/mol. The van der Waals surface area contributed by atoms with E-state index in [-0.39, 0.29) is 5.88 Å². The summed E-state index contributed by atoms with van der Waals surface area (Å²) in [6, 6.07) is 2.90. The van der Waals surface area contributed by atoms with Crippen LogP contribution in [-0.2, 0) is 11.3 Å². The standard InChI is InChI=1S/C12H13FN2O3/c1-16-6-7-3-8(9-5-15-18-12(9)14)10(13)4-11(7)17-2/h3-5H,6,14H2,1-2H3.